The number of methoxy groups -OCH3 is 1. The van der Waals surface area contributed by atoms with E-state index in [9.17, 15) is 27.2 Å². The minimum Gasteiger partial charge on any atom is -0.468 e. The predicted octanol–water partition coefficient (Wildman–Crippen LogP) is 4.43. The molecular formula is C22H17F4N3O3. The summed E-state index contributed by atoms with van der Waals surface area (Å²) in [6, 6.07) is 8.94. The summed E-state index contributed by atoms with van der Waals surface area (Å²) in [6.45, 7) is 0.677. The van der Waals surface area contributed by atoms with Gasteiger partial charge in [0.25, 0.3) is 5.91 Å². The van der Waals surface area contributed by atoms with Crippen LogP contribution in [0.5, 0.6) is 0 Å². The van der Waals surface area contributed by atoms with E-state index in [-0.39, 0.29) is 28.1 Å². The van der Waals surface area contributed by atoms with Crippen molar-refractivity contribution in [2.24, 2.45) is 0 Å². The van der Waals surface area contributed by atoms with Gasteiger partial charge in [-0.1, -0.05) is 18.2 Å². The summed E-state index contributed by atoms with van der Waals surface area (Å²) in [7, 11) is 1.10. The molecule has 10 heteroatoms. The Kier molecular flexibility index (Phi) is 6.52. The smallest absolute Gasteiger partial charge is 0.433 e. The van der Waals surface area contributed by atoms with Crippen molar-refractivity contribution in [1.29, 1.82) is 0 Å². The zero-order valence-corrected chi connectivity index (χ0v) is 17.0. The molecule has 3 rings (SSSR count). The fraction of sp³-hybridized carbons (Fsp3) is 0.182. The molecule has 0 aliphatic heterocycles. The maximum absolute atomic E-state index is 14.5. The predicted molar refractivity (Wildman–Crippen MR) is 107 cm³/mol. The summed E-state index contributed by atoms with van der Waals surface area (Å²) in [6.07, 6.45) is -2.19. The zero-order chi connectivity index (χ0) is 23.5. The monoisotopic (exact) mass is 447 g/mol. The van der Waals surface area contributed by atoms with Crippen LogP contribution in [0.1, 0.15) is 21.7 Å². The number of anilines is 1. The Morgan fingerprint density at radius 1 is 1.09 bits per heavy atom. The van der Waals surface area contributed by atoms with Crippen LogP contribution in [-0.2, 0) is 15.7 Å². The fourth-order valence-corrected chi connectivity index (χ4v) is 3.06. The maximum atomic E-state index is 14.5. The Morgan fingerprint density at radius 3 is 2.47 bits per heavy atom. The minimum atomic E-state index is -4.78. The van der Waals surface area contributed by atoms with Crippen LogP contribution in [0.25, 0.3) is 11.1 Å². The van der Waals surface area contributed by atoms with Crippen molar-refractivity contribution in [2.75, 3.05) is 18.6 Å². The van der Waals surface area contributed by atoms with Gasteiger partial charge in [0.2, 0.25) is 0 Å². The van der Waals surface area contributed by atoms with E-state index in [0.29, 0.717) is 6.07 Å². The van der Waals surface area contributed by atoms with E-state index in [1.807, 2.05) is 0 Å². The molecule has 0 saturated heterocycles. The minimum absolute atomic E-state index is 0.0241. The maximum Gasteiger partial charge on any atom is 0.433 e. The second-order valence-electron chi connectivity index (χ2n) is 6.72. The van der Waals surface area contributed by atoms with Gasteiger partial charge in [-0.2, -0.15) is 13.2 Å². The van der Waals surface area contributed by atoms with E-state index >= 15 is 0 Å². The van der Waals surface area contributed by atoms with Crippen LogP contribution in [-0.4, -0.2) is 35.5 Å². The molecular weight excluding hydrogens is 430 g/mol. The average Bonchev–Trinajstić information content (AvgIpc) is 2.76. The molecule has 0 aliphatic carbocycles. The van der Waals surface area contributed by atoms with E-state index in [2.05, 4.69) is 14.7 Å². The first-order chi connectivity index (χ1) is 15.1. The van der Waals surface area contributed by atoms with Gasteiger partial charge in [-0.15, -0.1) is 0 Å². The highest BCUT2D eigenvalue weighted by molar-refractivity contribution is 6.10. The average molecular weight is 447 g/mol. The molecule has 0 unspecified atom stereocenters. The Labute approximate surface area is 180 Å². The molecule has 0 radical (unpaired) electrons. The Hall–Kier alpha value is -3.82. The lowest BCUT2D eigenvalue weighted by atomic mass is 10.0. The van der Waals surface area contributed by atoms with Crippen molar-refractivity contribution in [3.05, 3.63) is 77.6 Å². The number of ether oxygens (including phenoxy) is 1. The van der Waals surface area contributed by atoms with Crippen LogP contribution in [0.2, 0.25) is 0 Å². The molecule has 0 atom stereocenters. The number of nitrogens with zero attached hydrogens (tertiary/aromatic N) is 3. The summed E-state index contributed by atoms with van der Waals surface area (Å²) in [4.78, 5) is 33.6. The number of aromatic nitrogens is 2. The number of hydrogen-bond donors (Lipinski definition) is 0. The van der Waals surface area contributed by atoms with Crippen LogP contribution in [0.4, 0.5) is 23.2 Å². The molecule has 0 spiro atoms. The number of pyridine rings is 2. The molecule has 3 aromatic rings. The Bertz CT molecular complexity index is 1170. The molecule has 32 heavy (non-hydrogen) atoms. The van der Waals surface area contributed by atoms with Gasteiger partial charge in [-0.3, -0.25) is 19.5 Å². The van der Waals surface area contributed by atoms with E-state index in [1.165, 1.54) is 49.6 Å². The lowest BCUT2D eigenvalue weighted by Gasteiger charge is -2.24. The van der Waals surface area contributed by atoms with Crippen molar-refractivity contribution in [3.63, 3.8) is 0 Å². The molecule has 1 amide bonds. The second kappa shape index (κ2) is 9.13. The molecule has 0 fully saturated rings. The van der Waals surface area contributed by atoms with Gasteiger partial charge < -0.3 is 4.74 Å². The number of benzene rings is 1. The van der Waals surface area contributed by atoms with Gasteiger partial charge in [-0.05, 0) is 31.2 Å². The Balaban J connectivity index is 2.16. The van der Waals surface area contributed by atoms with Gasteiger partial charge in [0, 0.05) is 28.6 Å². The first kappa shape index (κ1) is 22.9. The number of alkyl halides is 3. The lowest BCUT2D eigenvalue weighted by molar-refractivity contribution is -0.141. The Morgan fingerprint density at radius 2 is 1.81 bits per heavy atom. The van der Waals surface area contributed by atoms with Crippen molar-refractivity contribution in [3.8, 4) is 11.1 Å². The lowest BCUT2D eigenvalue weighted by Crippen LogP contribution is -2.37. The highest BCUT2D eigenvalue weighted by Gasteiger charge is 2.34. The third-order valence-electron chi connectivity index (χ3n) is 4.51. The highest BCUT2D eigenvalue weighted by atomic mass is 19.4. The first-order valence-corrected chi connectivity index (χ1v) is 9.25. The van der Waals surface area contributed by atoms with E-state index < -0.39 is 36.1 Å². The van der Waals surface area contributed by atoms with Crippen molar-refractivity contribution in [1.82, 2.24) is 9.97 Å². The molecule has 2 aromatic heterocycles. The van der Waals surface area contributed by atoms with Gasteiger partial charge in [0.1, 0.15) is 18.1 Å². The largest absolute Gasteiger partial charge is 0.468 e. The van der Waals surface area contributed by atoms with E-state index in [0.717, 1.165) is 12.0 Å². The number of halogens is 4. The molecule has 1 aromatic carbocycles. The quantitative estimate of drug-likeness (QED) is 0.428. The van der Waals surface area contributed by atoms with E-state index in [1.54, 1.807) is 6.07 Å². The number of carbonyl (C=O) groups excluding carboxylic acids is 2. The molecule has 166 valence electrons. The molecule has 2 heterocycles. The summed E-state index contributed by atoms with van der Waals surface area (Å²) in [5.74, 6) is -2.36. The molecule has 0 bridgehead atoms. The van der Waals surface area contributed by atoms with Crippen molar-refractivity contribution < 1.29 is 31.9 Å². The number of amides is 1. The fourth-order valence-electron chi connectivity index (χ4n) is 3.06. The summed E-state index contributed by atoms with van der Waals surface area (Å²) >= 11 is 0. The molecule has 0 N–H and O–H groups in total. The highest BCUT2D eigenvalue weighted by Crippen LogP contribution is 2.33. The van der Waals surface area contributed by atoms with Crippen LogP contribution >= 0.6 is 0 Å². The van der Waals surface area contributed by atoms with Crippen LogP contribution in [0.3, 0.4) is 0 Å². The van der Waals surface area contributed by atoms with Gasteiger partial charge in [0.05, 0.1) is 19.0 Å². The zero-order valence-electron chi connectivity index (χ0n) is 17.0. The number of esters is 1. The van der Waals surface area contributed by atoms with Gasteiger partial charge >= 0.3 is 12.1 Å². The number of carbonyl (C=O) groups is 2. The number of hydrogen-bond acceptors (Lipinski definition) is 5. The van der Waals surface area contributed by atoms with Gasteiger partial charge in [0.15, 0.2) is 0 Å². The topological polar surface area (TPSA) is 72.4 Å². The summed E-state index contributed by atoms with van der Waals surface area (Å²) < 4.78 is 58.7. The SMILES string of the molecule is COC(=O)CN(C(=O)c1cc(C)nc(C(F)(F)F)c1)c1cnccc1-c1ccccc1F. The summed E-state index contributed by atoms with van der Waals surface area (Å²) in [5.41, 5.74) is -1.28. The third kappa shape index (κ3) is 4.90. The van der Waals surface area contributed by atoms with Crippen LogP contribution in [0, 0.1) is 12.7 Å². The van der Waals surface area contributed by atoms with Crippen LogP contribution in [0.15, 0.2) is 54.9 Å². The first-order valence-electron chi connectivity index (χ1n) is 9.25. The van der Waals surface area contributed by atoms with Crippen molar-refractivity contribution >= 4 is 17.6 Å². The molecule has 0 aliphatic rings. The number of aryl methyl sites for hydroxylation is 1. The standard InChI is InChI=1S/C22H17F4N3O3/c1-13-9-14(10-19(28-13)22(24,25)26)21(31)29(12-20(30)32-2)18-11-27-8-7-16(18)15-5-3-4-6-17(15)23/h3-11H,12H2,1-2H3. The molecule has 6 nitrogen and oxygen atoms in total. The number of rotatable bonds is 5. The van der Waals surface area contributed by atoms with Crippen molar-refractivity contribution in [2.45, 2.75) is 13.1 Å². The van der Waals surface area contributed by atoms with Gasteiger partial charge in [-0.25, -0.2) is 9.37 Å². The van der Waals surface area contributed by atoms with E-state index in [4.69, 9.17) is 0 Å². The summed E-state index contributed by atoms with van der Waals surface area (Å²) in [5, 5.41) is 0. The third-order valence-corrected chi connectivity index (χ3v) is 4.51. The molecule has 0 saturated carbocycles. The second-order valence-corrected chi connectivity index (χ2v) is 6.72. The van der Waals surface area contributed by atoms with Crippen LogP contribution < -0.4 is 4.90 Å². The normalized spacial score (nSPS) is 11.2.